The summed E-state index contributed by atoms with van der Waals surface area (Å²) >= 11 is 0. The highest BCUT2D eigenvalue weighted by molar-refractivity contribution is 6.06. The third kappa shape index (κ3) is 3.61. The van der Waals surface area contributed by atoms with Crippen molar-refractivity contribution in [3.8, 4) is 5.69 Å². The van der Waals surface area contributed by atoms with Crippen LogP contribution in [0, 0.1) is 25.1 Å². The topological polar surface area (TPSA) is 54.8 Å². The molecule has 1 heterocycles. The molecule has 0 saturated carbocycles. The first-order chi connectivity index (χ1) is 12.7. The lowest BCUT2D eigenvalue weighted by molar-refractivity contribution is 0.618. The molecule has 2 aromatic carbocycles. The second-order valence-electron chi connectivity index (χ2n) is 7.01. The fourth-order valence-corrected chi connectivity index (χ4v) is 3.34. The summed E-state index contributed by atoms with van der Waals surface area (Å²) in [5.74, 6) is 0.0886. The average Bonchev–Trinajstić information content (AvgIpc) is 3.02. The Bertz CT molecular complexity index is 997. The van der Waals surface area contributed by atoms with Crippen LogP contribution >= 0.6 is 0 Å². The number of nitrogens with one attached hydrogen (secondary N) is 1. The minimum Gasteiger partial charge on any atom is -0.398 e. The van der Waals surface area contributed by atoms with Gasteiger partial charge in [-0.15, -0.1) is 0 Å². The van der Waals surface area contributed by atoms with Crippen molar-refractivity contribution in [1.82, 2.24) is 4.57 Å². The molecule has 0 amide bonds. The Hall–Kier alpha value is -2.62. The molecule has 144 valence electrons. The maximum atomic E-state index is 13.7. The number of aromatic nitrogens is 1. The quantitative estimate of drug-likeness (QED) is 0.402. The van der Waals surface area contributed by atoms with Crippen molar-refractivity contribution >= 4 is 22.3 Å². The van der Waals surface area contributed by atoms with E-state index in [0.717, 1.165) is 33.4 Å². The molecule has 0 aliphatic carbocycles. The molecule has 0 saturated heterocycles. The zero-order valence-corrected chi connectivity index (χ0v) is 17.4. The van der Waals surface area contributed by atoms with Gasteiger partial charge < -0.3 is 15.7 Å². The highest BCUT2D eigenvalue weighted by atomic mass is 19.1. The Morgan fingerprint density at radius 3 is 2.26 bits per heavy atom. The second-order valence-corrected chi connectivity index (χ2v) is 7.01. The number of anilines is 1. The Kier molecular flexibility index (Phi) is 6.09. The van der Waals surface area contributed by atoms with Crippen LogP contribution in [-0.4, -0.2) is 10.3 Å². The van der Waals surface area contributed by atoms with E-state index in [2.05, 4.69) is 24.5 Å². The summed E-state index contributed by atoms with van der Waals surface area (Å²) in [7, 11) is 0. The lowest BCUT2D eigenvalue weighted by atomic mass is 10.0. The monoisotopic (exact) mass is 367 g/mol. The largest absolute Gasteiger partial charge is 0.398 e. The van der Waals surface area contributed by atoms with Gasteiger partial charge in [0, 0.05) is 33.7 Å². The third-order valence-corrected chi connectivity index (χ3v) is 4.84. The fourth-order valence-electron chi connectivity index (χ4n) is 3.34. The SMILES string of the molecule is CC.CC(=N)c1cc2c(cc(C(C)C)n2-c2ccc(F)c(C)c2)c(C)c1N. The Labute approximate surface area is 161 Å². The van der Waals surface area contributed by atoms with E-state index in [9.17, 15) is 4.39 Å². The van der Waals surface area contributed by atoms with Crippen molar-refractivity contribution in [2.45, 2.75) is 54.4 Å². The Morgan fingerprint density at radius 1 is 1.11 bits per heavy atom. The number of halogens is 1. The fraction of sp³-hybridized carbons (Fsp3) is 0.348. The zero-order chi connectivity index (χ0) is 20.5. The minimum absolute atomic E-state index is 0.206. The van der Waals surface area contributed by atoms with Crippen LogP contribution in [0.1, 0.15) is 62.9 Å². The van der Waals surface area contributed by atoms with Crippen LogP contribution in [0.5, 0.6) is 0 Å². The van der Waals surface area contributed by atoms with E-state index >= 15 is 0 Å². The van der Waals surface area contributed by atoms with E-state index < -0.39 is 0 Å². The molecular formula is C23H30FN3. The number of hydrogen-bond donors (Lipinski definition) is 2. The predicted molar refractivity (Wildman–Crippen MR) is 115 cm³/mol. The summed E-state index contributed by atoms with van der Waals surface area (Å²) < 4.78 is 15.9. The first-order valence-electron chi connectivity index (χ1n) is 9.48. The molecule has 3 nitrogen and oxygen atoms in total. The van der Waals surface area contributed by atoms with E-state index in [0.29, 0.717) is 22.9 Å². The molecule has 0 unspecified atom stereocenters. The smallest absolute Gasteiger partial charge is 0.126 e. The maximum absolute atomic E-state index is 13.7. The summed E-state index contributed by atoms with van der Waals surface area (Å²) in [5.41, 5.74) is 12.8. The summed E-state index contributed by atoms with van der Waals surface area (Å²) in [4.78, 5) is 0. The first kappa shape index (κ1) is 20.7. The van der Waals surface area contributed by atoms with Crippen LogP contribution in [0.15, 0.2) is 30.3 Å². The second kappa shape index (κ2) is 7.95. The van der Waals surface area contributed by atoms with Crippen molar-refractivity contribution < 1.29 is 4.39 Å². The molecule has 4 heteroatoms. The minimum atomic E-state index is -0.206. The first-order valence-corrected chi connectivity index (χ1v) is 9.48. The van der Waals surface area contributed by atoms with Crippen molar-refractivity contribution in [2.75, 3.05) is 5.73 Å². The Morgan fingerprint density at radius 2 is 1.74 bits per heavy atom. The van der Waals surface area contributed by atoms with Crippen molar-refractivity contribution in [2.24, 2.45) is 0 Å². The average molecular weight is 368 g/mol. The van der Waals surface area contributed by atoms with Crippen LogP contribution < -0.4 is 5.73 Å². The zero-order valence-electron chi connectivity index (χ0n) is 17.4. The van der Waals surface area contributed by atoms with Gasteiger partial charge in [-0.05, 0) is 68.1 Å². The van der Waals surface area contributed by atoms with E-state index in [4.69, 9.17) is 11.1 Å². The molecule has 3 aromatic rings. The molecule has 0 aliphatic heterocycles. The van der Waals surface area contributed by atoms with Gasteiger partial charge in [0.05, 0.1) is 5.52 Å². The summed E-state index contributed by atoms with van der Waals surface area (Å²) in [6.45, 7) is 13.8. The lowest BCUT2D eigenvalue weighted by Gasteiger charge is -2.16. The maximum Gasteiger partial charge on any atom is 0.126 e. The normalized spacial score (nSPS) is 10.9. The van der Waals surface area contributed by atoms with Gasteiger partial charge in [-0.1, -0.05) is 27.7 Å². The van der Waals surface area contributed by atoms with Crippen LogP contribution in [-0.2, 0) is 0 Å². The molecule has 3 rings (SSSR count). The number of nitrogen functional groups attached to an aromatic ring is 1. The van der Waals surface area contributed by atoms with Gasteiger partial charge in [0.15, 0.2) is 0 Å². The highest BCUT2D eigenvalue weighted by Gasteiger charge is 2.18. The molecule has 0 radical (unpaired) electrons. The van der Waals surface area contributed by atoms with Gasteiger partial charge in [0.1, 0.15) is 5.82 Å². The standard InChI is InChI=1S/C21H24FN3.C2H6/c1-11(2)19-9-16-13(4)21(24)17(14(5)23)10-20(16)25(19)15-6-7-18(22)12(3)8-15;1-2/h6-11,23H,24H2,1-5H3;1-2H3. The molecule has 3 N–H and O–H groups in total. The Balaban J connectivity index is 0.00000126. The molecule has 0 atom stereocenters. The molecule has 0 spiro atoms. The van der Waals surface area contributed by atoms with Gasteiger partial charge in [-0.3, -0.25) is 0 Å². The van der Waals surface area contributed by atoms with Crippen molar-refractivity contribution in [3.63, 3.8) is 0 Å². The van der Waals surface area contributed by atoms with Crippen LogP contribution in [0.3, 0.4) is 0 Å². The van der Waals surface area contributed by atoms with Gasteiger partial charge >= 0.3 is 0 Å². The number of hydrogen-bond acceptors (Lipinski definition) is 2. The van der Waals surface area contributed by atoms with Gasteiger partial charge in [0.25, 0.3) is 0 Å². The summed E-state index contributed by atoms with van der Waals surface area (Å²) in [5, 5.41) is 9.11. The van der Waals surface area contributed by atoms with E-state index in [-0.39, 0.29) is 5.82 Å². The van der Waals surface area contributed by atoms with Crippen LogP contribution in [0.4, 0.5) is 10.1 Å². The predicted octanol–water partition coefficient (Wildman–Crippen LogP) is 6.51. The van der Waals surface area contributed by atoms with Gasteiger partial charge in [-0.25, -0.2) is 4.39 Å². The molecular weight excluding hydrogens is 337 g/mol. The lowest BCUT2D eigenvalue weighted by Crippen LogP contribution is -2.05. The molecule has 0 aliphatic rings. The summed E-state index contributed by atoms with van der Waals surface area (Å²) in [6, 6.07) is 9.31. The third-order valence-electron chi connectivity index (χ3n) is 4.84. The number of benzene rings is 2. The molecule has 1 aromatic heterocycles. The summed E-state index contributed by atoms with van der Waals surface area (Å²) in [6.07, 6.45) is 0. The van der Waals surface area contributed by atoms with E-state index in [1.165, 1.54) is 6.07 Å². The van der Waals surface area contributed by atoms with Crippen LogP contribution in [0.2, 0.25) is 0 Å². The molecule has 27 heavy (non-hydrogen) atoms. The number of aryl methyl sites for hydroxylation is 2. The highest BCUT2D eigenvalue weighted by Crippen LogP contribution is 2.35. The van der Waals surface area contributed by atoms with Gasteiger partial charge in [-0.2, -0.15) is 0 Å². The number of rotatable bonds is 3. The number of nitrogens with two attached hydrogens (primary N) is 1. The molecule has 0 fully saturated rings. The number of fused-ring (bicyclic) bond motifs is 1. The molecule has 0 bridgehead atoms. The van der Waals surface area contributed by atoms with Gasteiger partial charge in [0.2, 0.25) is 0 Å². The van der Waals surface area contributed by atoms with E-state index in [1.54, 1.807) is 19.9 Å². The van der Waals surface area contributed by atoms with E-state index in [1.807, 2.05) is 32.9 Å². The van der Waals surface area contributed by atoms with Crippen molar-refractivity contribution in [1.29, 1.82) is 5.41 Å². The van der Waals surface area contributed by atoms with Crippen LogP contribution in [0.25, 0.3) is 16.6 Å². The van der Waals surface area contributed by atoms with Crippen molar-refractivity contribution in [3.05, 3.63) is 58.5 Å². The number of nitrogens with zero attached hydrogens (tertiary/aromatic N) is 1.